The molecule has 79 heavy (non-hydrogen) atoms. The molecule has 1 unspecified atom stereocenters. The van der Waals surface area contributed by atoms with E-state index in [-0.39, 0.29) is 44.6 Å². The van der Waals surface area contributed by atoms with Gasteiger partial charge in [-0.15, -0.1) is 0 Å². The van der Waals surface area contributed by atoms with E-state index in [0.29, 0.717) is 13.0 Å². The Balaban J connectivity index is 1.61. The molecule has 0 aromatic rings. The zero-order chi connectivity index (χ0) is 58.6. The first-order chi connectivity index (χ1) is 37.3. The number of aliphatic hydroxyl groups excluding tert-OH is 9. The lowest BCUT2D eigenvalue weighted by Gasteiger charge is -2.46. The summed E-state index contributed by atoms with van der Waals surface area (Å²) in [6.45, 7) is 7.56. The molecule has 446 valence electrons. The molecule has 0 aromatic heterocycles. The van der Waals surface area contributed by atoms with Gasteiger partial charge in [0, 0.05) is 44.1 Å². The molecule has 4 aliphatic heterocycles. The molecule has 0 spiro atoms. The molecule has 2 amide bonds. The van der Waals surface area contributed by atoms with Gasteiger partial charge in [0.1, 0.15) is 18.1 Å². The number of cyclic esters (lactones) is 1. The maximum Gasteiger partial charge on any atom is 0.313 e. The lowest BCUT2D eigenvalue weighted by molar-refractivity contribution is -0.309. The summed E-state index contributed by atoms with van der Waals surface area (Å²) in [6, 6.07) is -2.31. The number of methoxy groups -OCH3 is 1. The van der Waals surface area contributed by atoms with Crippen LogP contribution in [0.2, 0.25) is 0 Å². The predicted octanol–water partition coefficient (Wildman–Crippen LogP) is 0.510. The number of allylic oxidation sites excluding steroid dienone is 12. The van der Waals surface area contributed by atoms with E-state index in [1.54, 1.807) is 80.7 Å². The summed E-state index contributed by atoms with van der Waals surface area (Å²) >= 11 is 0. The Labute approximate surface area is 464 Å². The number of ether oxygens (including phenoxy) is 5. The highest BCUT2D eigenvalue weighted by Crippen LogP contribution is 2.39. The summed E-state index contributed by atoms with van der Waals surface area (Å²) in [5, 5.41) is 115. The Kier molecular flexibility index (Phi) is 28.0. The first-order valence-electron chi connectivity index (χ1n) is 27.4. The van der Waals surface area contributed by atoms with Gasteiger partial charge in [-0.2, -0.15) is 0 Å². The zero-order valence-corrected chi connectivity index (χ0v) is 46.6. The highest BCUT2D eigenvalue weighted by molar-refractivity contribution is 6.05. The number of fused-ring (bicyclic) bond motifs is 2. The van der Waals surface area contributed by atoms with E-state index in [4.69, 9.17) is 23.7 Å². The van der Waals surface area contributed by atoms with Crippen molar-refractivity contribution in [1.29, 1.82) is 0 Å². The minimum atomic E-state index is -2.34. The van der Waals surface area contributed by atoms with E-state index in [0.717, 1.165) is 12.0 Å². The monoisotopic (exact) mass is 1120 g/mol. The fourth-order valence-electron chi connectivity index (χ4n) is 10.1. The number of nitrogens with zero attached hydrogens (tertiary/aromatic N) is 2. The first-order valence-corrected chi connectivity index (χ1v) is 27.4. The van der Waals surface area contributed by atoms with Crippen molar-refractivity contribution >= 4 is 23.8 Å². The number of rotatable bonds is 9. The van der Waals surface area contributed by atoms with Gasteiger partial charge in [-0.1, -0.05) is 98.9 Å². The molecule has 20 atom stereocenters. The molecule has 22 heteroatoms. The molecule has 3 fully saturated rings. The van der Waals surface area contributed by atoms with Crippen LogP contribution in [0.5, 0.6) is 0 Å². The fourth-order valence-corrected chi connectivity index (χ4v) is 10.1. The third kappa shape index (κ3) is 21.5. The smallest absolute Gasteiger partial charge is 0.313 e. The Morgan fingerprint density at radius 2 is 1.32 bits per heavy atom. The number of nitrogens with one attached hydrogen (secondary N) is 1. The molecule has 22 nitrogen and oxygen atoms in total. The van der Waals surface area contributed by atoms with E-state index >= 15 is 0 Å². The maximum absolute atomic E-state index is 13.4. The summed E-state index contributed by atoms with van der Waals surface area (Å²) in [6.07, 6.45) is 3.13. The first kappa shape index (κ1) is 67.2. The summed E-state index contributed by atoms with van der Waals surface area (Å²) < 4.78 is 29.1. The number of esters is 2. The second-order valence-corrected chi connectivity index (χ2v) is 21.7. The van der Waals surface area contributed by atoms with Crippen molar-refractivity contribution < 1.29 is 93.9 Å². The summed E-state index contributed by atoms with van der Waals surface area (Å²) in [7, 11) is 4.84. The molecule has 0 radical (unpaired) electrons. The minimum absolute atomic E-state index is 0.120. The molecule has 4 heterocycles. The second-order valence-electron chi connectivity index (χ2n) is 21.7. The lowest BCUT2D eigenvalue weighted by atomic mass is 9.82. The second kappa shape index (κ2) is 32.9. The van der Waals surface area contributed by atoms with Crippen molar-refractivity contribution in [2.45, 2.75) is 195 Å². The predicted molar refractivity (Wildman–Crippen MR) is 289 cm³/mol. The molecule has 4 aliphatic rings. The Hall–Kier alpha value is -4.34. The summed E-state index contributed by atoms with van der Waals surface area (Å²) in [5.41, 5.74) is 0. The number of likely N-dealkylation sites (tertiary alicyclic amines) is 1. The number of amides is 2. The average molecular weight is 1120 g/mol. The standard InChI is InChI=1S/C57H89N3O19/c1-34-21-18-16-14-12-10-8-9-11-13-15-17-19-22-41(78-56-53(71)50(52(70)37(4)77-56)58-42-31-47(67)60(54(42)72)26-20-25-59(5)6)30-46-49(55(73)75-7)45(66)33-57(74,79-46)32-40(63)28-44(65)43(64)24-23-38(61)27-39(62)29-48(68)76-36(3)35(2)51(34)69/h8-19,21-22,34-46,49-53,56,58,61-66,69-71,74H,20,23-33H2,1-7H3/b9-8+,12-10+,13-11+,16-14+,17-15+,21-18+,22-19+/t34-,35-,36-,37+,38+,39+,40-,41-,42?,43+,44+,45-,46-,49+,50-,51+,52+,53-,56-,57+/m0/s1. The van der Waals surface area contributed by atoms with Gasteiger partial charge in [-0.25, -0.2) is 0 Å². The van der Waals surface area contributed by atoms with Crippen molar-refractivity contribution in [2.75, 3.05) is 34.3 Å². The lowest BCUT2D eigenvalue weighted by Crippen LogP contribution is -2.65. The average Bonchev–Trinajstić information content (AvgIpc) is 3.65. The number of carbonyl (C=O) groups excluding carboxylic acids is 4. The van der Waals surface area contributed by atoms with Crippen LogP contribution in [0.4, 0.5) is 0 Å². The van der Waals surface area contributed by atoms with Gasteiger partial charge in [0.2, 0.25) is 11.8 Å². The van der Waals surface area contributed by atoms with Gasteiger partial charge in [-0.05, 0) is 60.2 Å². The third-order valence-electron chi connectivity index (χ3n) is 14.8. The summed E-state index contributed by atoms with van der Waals surface area (Å²) in [4.78, 5) is 55.5. The van der Waals surface area contributed by atoms with Crippen LogP contribution in [0.3, 0.4) is 0 Å². The SMILES string of the molecule is COC(=O)[C@H]1[C@@H]2C[C@@H](O[C@@H]3O[C@H](C)[C@@H](O)[C@H](NC4CC(=O)N(CCCN(C)C)C4=O)[C@@H]3O)/C=C/C=C/C=C/C=C/C=C/C=C/C=C/[C@H](C)[C@@H](O)[C@@H](C)[C@H](C)OC(=O)C[C@H](O)C[C@H](O)CC[C@@H](O)[C@H](O)C[C@H](O)C[C@](O)(C[C@@H]1O)O2. The third-order valence-corrected chi connectivity index (χ3v) is 14.8. The molecule has 4 rings (SSSR count). The molecular formula is C57H89N3O19. The van der Waals surface area contributed by atoms with Crippen LogP contribution < -0.4 is 5.32 Å². The topological polar surface area (TPSA) is 335 Å². The summed E-state index contributed by atoms with van der Waals surface area (Å²) in [5.74, 6) is -7.09. The molecular weight excluding hydrogens is 1030 g/mol. The van der Waals surface area contributed by atoms with Gasteiger partial charge in [-0.3, -0.25) is 29.4 Å². The van der Waals surface area contributed by atoms with Gasteiger partial charge in [0.25, 0.3) is 0 Å². The normalized spacial score (nSPS) is 41.6. The Bertz CT molecular complexity index is 2130. The fraction of sp³-hybridized carbons (Fsp3) is 0.684. The van der Waals surface area contributed by atoms with Gasteiger partial charge < -0.3 is 79.6 Å². The van der Waals surface area contributed by atoms with Crippen molar-refractivity contribution in [3.63, 3.8) is 0 Å². The quantitative estimate of drug-likeness (QED) is 0.111. The molecule has 0 saturated carbocycles. The zero-order valence-electron chi connectivity index (χ0n) is 46.6. The number of carbonyl (C=O) groups is 4. The Morgan fingerprint density at radius 1 is 0.709 bits per heavy atom. The van der Waals surface area contributed by atoms with Crippen LogP contribution >= 0.6 is 0 Å². The highest BCUT2D eigenvalue weighted by Gasteiger charge is 2.52. The van der Waals surface area contributed by atoms with Crippen LogP contribution in [0.1, 0.15) is 91.9 Å². The van der Waals surface area contributed by atoms with Crippen LogP contribution in [-0.2, 0) is 42.9 Å². The van der Waals surface area contributed by atoms with Gasteiger partial charge >= 0.3 is 11.9 Å². The van der Waals surface area contributed by atoms with Crippen molar-refractivity contribution in [3.05, 3.63) is 85.1 Å². The number of aliphatic hydroxyl groups is 10. The van der Waals surface area contributed by atoms with E-state index in [1.165, 1.54) is 13.0 Å². The number of hydrogen-bond acceptors (Lipinski definition) is 21. The maximum atomic E-state index is 13.4. The van der Waals surface area contributed by atoms with Crippen LogP contribution in [0, 0.1) is 17.8 Å². The van der Waals surface area contributed by atoms with Crippen molar-refractivity contribution in [3.8, 4) is 0 Å². The van der Waals surface area contributed by atoms with Gasteiger partial charge in [0.15, 0.2) is 12.1 Å². The van der Waals surface area contributed by atoms with E-state index in [9.17, 15) is 70.2 Å². The van der Waals surface area contributed by atoms with Crippen LogP contribution in [0.15, 0.2) is 85.1 Å². The molecule has 0 aliphatic carbocycles. The molecule has 3 saturated heterocycles. The molecule has 0 aromatic carbocycles. The molecule has 11 N–H and O–H groups in total. The minimum Gasteiger partial charge on any atom is -0.469 e. The molecule has 2 bridgehead atoms. The Morgan fingerprint density at radius 3 is 1.92 bits per heavy atom. The van der Waals surface area contributed by atoms with Gasteiger partial charge in [0.05, 0.1) is 99.2 Å². The van der Waals surface area contributed by atoms with E-state index in [2.05, 4.69) is 5.32 Å². The number of hydrogen-bond donors (Lipinski definition) is 11. The largest absolute Gasteiger partial charge is 0.469 e. The van der Waals surface area contributed by atoms with E-state index in [1.807, 2.05) is 38.1 Å². The number of imide groups is 1. The highest BCUT2D eigenvalue weighted by atomic mass is 16.7. The van der Waals surface area contributed by atoms with Crippen LogP contribution in [-0.4, -0.2) is 222 Å². The van der Waals surface area contributed by atoms with E-state index < -0.39 is 165 Å². The van der Waals surface area contributed by atoms with Crippen molar-refractivity contribution in [1.82, 2.24) is 15.1 Å². The van der Waals surface area contributed by atoms with Crippen molar-refractivity contribution in [2.24, 2.45) is 17.8 Å². The van der Waals surface area contributed by atoms with Crippen LogP contribution in [0.25, 0.3) is 0 Å².